The Hall–Kier alpha value is -1.56. The van der Waals surface area contributed by atoms with Gasteiger partial charge in [-0.3, -0.25) is 4.79 Å². The average molecular weight is 298 g/mol. The number of nitrogens with two attached hydrogens (primary N) is 1. The van der Waals surface area contributed by atoms with Gasteiger partial charge in [-0.15, -0.1) is 0 Å². The molecule has 6 heteroatoms. The van der Waals surface area contributed by atoms with Gasteiger partial charge in [0.1, 0.15) is 5.25 Å². The van der Waals surface area contributed by atoms with Crippen LogP contribution < -0.4 is 11.1 Å². The Morgan fingerprint density at radius 3 is 2.60 bits per heavy atom. The maximum atomic E-state index is 12.0. The number of amides is 1. The summed E-state index contributed by atoms with van der Waals surface area (Å²) >= 11 is 0. The molecule has 0 spiro atoms. The number of nitrogens with one attached hydrogen (secondary N) is 1. The molecule has 1 unspecified atom stereocenters. The second-order valence-electron chi connectivity index (χ2n) is 4.93. The molecule has 0 aliphatic carbocycles. The Kier molecular flexibility index (Phi) is 5.56. The monoisotopic (exact) mass is 298 g/mol. The molecule has 1 amide bonds. The lowest BCUT2D eigenvalue weighted by Crippen LogP contribution is -2.34. The highest BCUT2D eigenvalue weighted by Crippen LogP contribution is 2.18. The summed E-state index contributed by atoms with van der Waals surface area (Å²) < 4.78 is 24.0. The molecule has 0 radical (unpaired) electrons. The van der Waals surface area contributed by atoms with Gasteiger partial charge in [0.2, 0.25) is 5.91 Å². The Balaban J connectivity index is 2.80. The van der Waals surface area contributed by atoms with Crippen LogP contribution in [0, 0.1) is 6.92 Å². The van der Waals surface area contributed by atoms with Gasteiger partial charge in [0.15, 0.2) is 9.84 Å². The first-order chi connectivity index (χ1) is 9.27. The van der Waals surface area contributed by atoms with Crippen LogP contribution in [0.15, 0.2) is 18.2 Å². The second-order valence-corrected chi connectivity index (χ2v) is 7.37. The van der Waals surface area contributed by atoms with E-state index in [0.717, 1.165) is 12.0 Å². The highest BCUT2D eigenvalue weighted by atomic mass is 32.2. The predicted molar refractivity (Wildman–Crippen MR) is 82.4 cm³/mol. The van der Waals surface area contributed by atoms with Crippen LogP contribution in [0.5, 0.6) is 0 Å². The van der Waals surface area contributed by atoms with E-state index in [1.54, 1.807) is 18.2 Å². The van der Waals surface area contributed by atoms with Crippen LogP contribution in [0.25, 0.3) is 0 Å². The van der Waals surface area contributed by atoms with Crippen molar-refractivity contribution in [3.63, 3.8) is 0 Å². The fourth-order valence-corrected chi connectivity index (χ4v) is 3.18. The fraction of sp³-hybridized carbons (Fsp3) is 0.500. The van der Waals surface area contributed by atoms with E-state index in [4.69, 9.17) is 5.73 Å². The van der Waals surface area contributed by atoms with Gasteiger partial charge in [-0.05, 0) is 44.0 Å². The van der Waals surface area contributed by atoms with Gasteiger partial charge < -0.3 is 11.1 Å². The third-order valence-electron chi connectivity index (χ3n) is 3.20. The normalized spacial score (nSPS) is 12.9. The SMILES string of the molecule is CCCCS(=O)(=O)C(C)C(=O)Nc1ccc(N)cc1C. The van der Waals surface area contributed by atoms with Gasteiger partial charge in [0.25, 0.3) is 0 Å². The third-order valence-corrected chi connectivity index (χ3v) is 5.35. The number of nitrogen functional groups attached to an aromatic ring is 1. The molecular formula is C14H22N2O3S. The zero-order chi connectivity index (χ0) is 15.3. The van der Waals surface area contributed by atoms with Crippen molar-refractivity contribution in [2.75, 3.05) is 16.8 Å². The molecule has 1 rings (SSSR count). The maximum Gasteiger partial charge on any atom is 0.242 e. The molecular weight excluding hydrogens is 276 g/mol. The number of hydrogen-bond acceptors (Lipinski definition) is 4. The fourth-order valence-electron chi connectivity index (χ4n) is 1.75. The molecule has 0 aliphatic rings. The van der Waals surface area contributed by atoms with Gasteiger partial charge in [-0.2, -0.15) is 0 Å². The zero-order valence-corrected chi connectivity index (χ0v) is 13.0. The predicted octanol–water partition coefficient (Wildman–Crippen LogP) is 2.12. The lowest BCUT2D eigenvalue weighted by atomic mass is 10.2. The van der Waals surface area contributed by atoms with Gasteiger partial charge in [-0.1, -0.05) is 13.3 Å². The van der Waals surface area contributed by atoms with Crippen LogP contribution in [0.3, 0.4) is 0 Å². The molecule has 112 valence electrons. The number of unbranched alkanes of at least 4 members (excludes halogenated alkanes) is 1. The molecule has 5 nitrogen and oxygen atoms in total. The van der Waals surface area contributed by atoms with Crippen LogP contribution >= 0.6 is 0 Å². The van der Waals surface area contributed by atoms with Crippen molar-refractivity contribution < 1.29 is 13.2 Å². The van der Waals surface area contributed by atoms with Gasteiger partial charge in [0, 0.05) is 11.4 Å². The molecule has 0 aromatic heterocycles. The van der Waals surface area contributed by atoms with Crippen LogP contribution in [-0.2, 0) is 14.6 Å². The summed E-state index contributed by atoms with van der Waals surface area (Å²) in [6.45, 7) is 5.15. The first-order valence-corrected chi connectivity index (χ1v) is 8.38. The number of aryl methyl sites for hydroxylation is 1. The molecule has 3 N–H and O–H groups in total. The zero-order valence-electron chi connectivity index (χ0n) is 12.1. The van der Waals surface area contributed by atoms with E-state index in [-0.39, 0.29) is 5.75 Å². The molecule has 1 aromatic rings. The van der Waals surface area contributed by atoms with Crippen LogP contribution in [-0.4, -0.2) is 25.3 Å². The summed E-state index contributed by atoms with van der Waals surface area (Å²) in [4.78, 5) is 12.0. The summed E-state index contributed by atoms with van der Waals surface area (Å²) in [5.74, 6) is -0.465. The van der Waals surface area contributed by atoms with Crippen molar-refractivity contribution in [1.29, 1.82) is 0 Å². The number of carbonyl (C=O) groups is 1. The molecule has 0 aliphatic heterocycles. The van der Waals surface area contributed by atoms with Crippen molar-refractivity contribution in [3.05, 3.63) is 23.8 Å². The maximum absolute atomic E-state index is 12.0. The van der Waals surface area contributed by atoms with Gasteiger partial charge in [-0.25, -0.2) is 8.42 Å². The molecule has 1 atom stereocenters. The minimum atomic E-state index is -3.40. The first kappa shape index (κ1) is 16.5. The lowest BCUT2D eigenvalue weighted by Gasteiger charge is -2.14. The Morgan fingerprint density at radius 2 is 2.05 bits per heavy atom. The minimum absolute atomic E-state index is 0.0405. The smallest absolute Gasteiger partial charge is 0.242 e. The third kappa shape index (κ3) is 4.23. The van der Waals surface area contributed by atoms with E-state index in [1.165, 1.54) is 6.92 Å². The number of rotatable bonds is 6. The van der Waals surface area contributed by atoms with Crippen LogP contribution in [0.2, 0.25) is 0 Å². The van der Waals surface area contributed by atoms with Crippen molar-refractivity contribution in [3.8, 4) is 0 Å². The Morgan fingerprint density at radius 1 is 1.40 bits per heavy atom. The molecule has 0 fully saturated rings. The van der Waals surface area contributed by atoms with E-state index in [1.807, 2.05) is 13.8 Å². The number of carbonyl (C=O) groups excluding carboxylic acids is 1. The van der Waals surface area contributed by atoms with E-state index in [9.17, 15) is 13.2 Å². The number of benzene rings is 1. The van der Waals surface area contributed by atoms with Crippen LogP contribution in [0.4, 0.5) is 11.4 Å². The van der Waals surface area contributed by atoms with Gasteiger partial charge >= 0.3 is 0 Å². The summed E-state index contributed by atoms with van der Waals surface area (Å²) in [6, 6.07) is 5.07. The number of sulfone groups is 1. The Bertz CT molecular complexity index is 582. The lowest BCUT2D eigenvalue weighted by molar-refractivity contribution is -0.115. The van der Waals surface area contributed by atoms with E-state index < -0.39 is 21.0 Å². The number of anilines is 2. The molecule has 0 heterocycles. The summed E-state index contributed by atoms with van der Waals surface area (Å²) in [6.07, 6.45) is 1.35. The standard InChI is InChI=1S/C14H22N2O3S/c1-4-5-8-20(18,19)11(3)14(17)16-13-7-6-12(15)9-10(13)2/h6-7,9,11H,4-5,8,15H2,1-3H3,(H,16,17). The van der Waals surface area contributed by atoms with E-state index in [0.29, 0.717) is 17.8 Å². The van der Waals surface area contributed by atoms with Crippen molar-refractivity contribution >= 4 is 27.1 Å². The quantitative estimate of drug-likeness (QED) is 0.787. The molecule has 0 bridgehead atoms. The van der Waals surface area contributed by atoms with Gasteiger partial charge in [0.05, 0.1) is 5.75 Å². The van der Waals surface area contributed by atoms with E-state index >= 15 is 0 Å². The highest BCUT2D eigenvalue weighted by Gasteiger charge is 2.27. The average Bonchev–Trinajstić information content (AvgIpc) is 2.38. The summed E-state index contributed by atoms with van der Waals surface area (Å²) in [5.41, 5.74) is 7.62. The van der Waals surface area contributed by atoms with Crippen LogP contribution in [0.1, 0.15) is 32.3 Å². The summed E-state index contributed by atoms with van der Waals surface area (Å²) in [7, 11) is -3.40. The molecule has 0 saturated carbocycles. The van der Waals surface area contributed by atoms with Crippen molar-refractivity contribution in [2.45, 2.75) is 38.9 Å². The largest absolute Gasteiger partial charge is 0.399 e. The second kappa shape index (κ2) is 6.74. The molecule has 1 aromatic carbocycles. The summed E-state index contributed by atoms with van der Waals surface area (Å²) in [5, 5.41) is 1.60. The Labute approximate surface area is 120 Å². The first-order valence-electron chi connectivity index (χ1n) is 6.66. The number of hydrogen-bond donors (Lipinski definition) is 2. The van der Waals surface area contributed by atoms with Crippen molar-refractivity contribution in [1.82, 2.24) is 0 Å². The topological polar surface area (TPSA) is 89.3 Å². The van der Waals surface area contributed by atoms with E-state index in [2.05, 4.69) is 5.32 Å². The minimum Gasteiger partial charge on any atom is -0.399 e. The molecule has 0 saturated heterocycles. The highest BCUT2D eigenvalue weighted by molar-refractivity contribution is 7.92. The van der Waals surface area contributed by atoms with Crippen molar-refractivity contribution in [2.24, 2.45) is 0 Å². The molecule has 20 heavy (non-hydrogen) atoms.